The molecule has 0 aromatic carbocycles. The van der Waals surface area contributed by atoms with Crippen LogP contribution in [0.5, 0.6) is 0 Å². The molecule has 0 spiro atoms. The van der Waals surface area contributed by atoms with Crippen LogP contribution < -0.4 is 5.73 Å². The summed E-state index contributed by atoms with van der Waals surface area (Å²) in [7, 11) is 0. The second-order valence-electron chi connectivity index (χ2n) is 6.79. The van der Waals surface area contributed by atoms with Gasteiger partial charge in [-0.05, 0) is 32.9 Å². The van der Waals surface area contributed by atoms with Crippen molar-refractivity contribution in [2.45, 2.75) is 38.3 Å². The number of pyridine rings is 1. The predicted octanol–water partition coefficient (Wildman–Crippen LogP) is 2.22. The third kappa shape index (κ3) is 2.78. The Morgan fingerprint density at radius 1 is 1.41 bits per heavy atom. The molecule has 1 fully saturated rings. The number of aromatic amines is 1. The van der Waals surface area contributed by atoms with Gasteiger partial charge in [-0.3, -0.25) is 4.98 Å². The lowest BCUT2D eigenvalue weighted by molar-refractivity contribution is 0.0290. The maximum Gasteiger partial charge on any atom is 0.410 e. The number of amides is 1. The van der Waals surface area contributed by atoms with Crippen LogP contribution in [0.2, 0.25) is 0 Å². The molecule has 0 saturated carbocycles. The van der Waals surface area contributed by atoms with E-state index >= 15 is 0 Å². The average Bonchev–Trinajstić information content (AvgIpc) is 3.02. The Morgan fingerprint density at radius 3 is 2.91 bits per heavy atom. The van der Waals surface area contributed by atoms with Crippen molar-refractivity contribution < 1.29 is 9.53 Å². The summed E-state index contributed by atoms with van der Waals surface area (Å²) in [4.78, 5) is 21.6. The van der Waals surface area contributed by atoms with E-state index in [1.54, 1.807) is 11.1 Å². The van der Waals surface area contributed by atoms with E-state index in [1.807, 2.05) is 39.1 Å². The van der Waals surface area contributed by atoms with Crippen molar-refractivity contribution in [3.8, 4) is 0 Å². The number of aromatic nitrogens is 2. The van der Waals surface area contributed by atoms with Crippen molar-refractivity contribution >= 4 is 17.0 Å². The number of fused-ring (bicyclic) bond motifs is 1. The summed E-state index contributed by atoms with van der Waals surface area (Å²) in [6.07, 6.45) is 3.35. The number of likely N-dealkylation sites (tertiary alicyclic amines) is 1. The Bertz CT molecular complexity index is 689. The first-order chi connectivity index (χ1) is 10.3. The lowest BCUT2D eigenvalue weighted by Gasteiger charge is -2.24. The van der Waals surface area contributed by atoms with Gasteiger partial charge in [-0.2, -0.15) is 0 Å². The third-order valence-corrected chi connectivity index (χ3v) is 3.88. The molecule has 3 rings (SSSR count). The number of carbonyl (C=O) groups is 1. The highest BCUT2D eigenvalue weighted by Crippen LogP contribution is 2.30. The fourth-order valence-corrected chi connectivity index (χ4v) is 2.89. The molecule has 3 N–H and O–H groups in total. The van der Waals surface area contributed by atoms with E-state index in [0.29, 0.717) is 13.1 Å². The SMILES string of the molecule is CC(C)(C)OC(=O)N1C[C@H](c2nccc3[nH]ccc23)[C@@H](N)C1. The van der Waals surface area contributed by atoms with Gasteiger partial charge in [-0.15, -0.1) is 0 Å². The average molecular weight is 302 g/mol. The predicted molar refractivity (Wildman–Crippen MR) is 84.6 cm³/mol. The molecule has 3 heterocycles. The summed E-state index contributed by atoms with van der Waals surface area (Å²) in [5.74, 6) is 0.0204. The zero-order valence-corrected chi connectivity index (χ0v) is 13.2. The second kappa shape index (κ2) is 5.28. The van der Waals surface area contributed by atoms with E-state index in [0.717, 1.165) is 16.6 Å². The number of carbonyl (C=O) groups excluding carboxylic acids is 1. The molecule has 1 aliphatic rings. The van der Waals surface area contributed by atoms with Crippen LogP contribution in [0.15, 0.2) is 24.5 Å². The van der Waals surface area contributed by atoms with Crippen molar-refractivity contribution in [1.29, 1.82) is 0 Å². The summed E-state index contributed by atoms with van der Waals surface area (Å²) in [6, 6.07) is 3.80. The smallest absolute Gasteiger partial charge is 0.410 e. The maximum atomic E-state index is 12.2. The van der Waals surface area contributed by atoms with E-state index in [1.165, 1.54) is 0 Å². The van der Waals surface area contributed by atoms with Gasteiger partial charge in [-0.1, -0.05) is 0 Å². The molecule has 0 aliphatic carbocycles. The molecule has 2 aromatic heterocycles. The third-order valence-electron chi connectivity index (χ3n) is 3.88. The van der Waals surface area contributed by atoms with Crippen LogP contribution in [-0.4, -0.2) is 45.7 Å². The Hall–Kier alpha value is -2.08. The summed E-state index contributed by atoms with van der Waals surface area (Å²) in [5.41, 5.74) is 7.74. The molecule has 6 heteroatoms. The molecular weight excluding hydrogens is 280 g/mol. The number of ether oxygens (including phenoxy) is 1. The van der Waals surface area contributed by atoms with Crippen LogP contribution in [0.1, 0.15) is 32.4 Å². The van der Waals surface area contributed by atoms with Gasteiger partial charge in [0, 0.05) is 48.3 Å². The van der Waals surface area contributed by atoms with Crippen LogP contribution in [0, 0.1) is 0 Å². The Balaban J connectivity index is 1.82. The minimum Gasteiger partial charge on any atom is -0.444 e. The molecule has 2 atom stereocenters. The number of nitrogens with one attached hydrogen (secondary N) is 1. The van der Waals surface area contributed by atoms with E-state index in [2.05, 4.69) is 9.97 Å². The first-order valence-electron chi connectivity index (χ1n) is 7.50. The van der Waals surface area contributed by atoms with Crippen LogP contribution in [0.4, 0.5) is 4.79 Å². The van der Waals surface area contributed by atoms with E-state index in [-0.39, 0.29) is 18.1 Å². The molecule has 2 aromatic rings. The fourth-order valence-electron chi connectivity index (χ4n) is 2.89. The van der Waals surface area contributed by atoms with Gasteiger partial charge in [0.1, 0.15) is 5.60 Å². The molecule has 1 aliphatic heterocycles. The monoisotopic (exact) mass is 302 g/mol. The number of hydrogen-bond acceptors (Lipinski definition) is 4. The first kappa shape index (κ1) is 14.8. The van der Waals surface area contributed by atoms with Gasteiger partial charge in [0.15, 0.2) is 0 Å². The molecular formula is C16H22N4O2. The lowest BCUT2D eigenvalue weighted by Crippen LogP contribution is -2.36. The Kier molecular flexibility index (Phi) is 3.56. The largest absolute Gasteiger partial charge is 0.444 e. The van der Waals surface area contributed by atoms with Gasteiger partial charge in [0.25, 0.3) is 0 Å². The number of H-pyrrole nitrogens is 1. The first-order valence-corrected chi connectivity index (χ1v) is 7.50. The van der Waals surface area contributed by atoms with E-state index in [4.69, 9.17) is 10.5 Å². The minimum atomic E-state index is -0.502. The van der Waals surface area contributed by atoms with Gasteiger partial charge in [0.05, 0.1) is 5.69 Å². The normalized spacial score (nSPS) is 22.3. The minimum absolute atomic E-state index is 0.0204. The molecule has 0 bridgehead atoms. The zero-order chi connectivity index (χ0) is 15.9. The van der Waals surface area contributed by atoms with Gasteiger partial charge >= 0.3 is 6.09 Å². The zero-order valence-electron chi connectivity index (χ0n) is 13.2. The topological polar surface area (TPSA) is 84.2 Å². The second-order valence-corrected chi connectivity index (χ2v) is 6.79. The highest BCUT2D eigenvalue weighted by Gasteiger charge is 2.37. The summed E-state index contributed by atoms with van der Waals surface area (Å²) in [5, 5.41) is 1.06. The van der Waals surface area contributed by atoms with Gasteiger partial charge in [0.2, 0.25) is 0 Å². The molecule has 1 saturated heterocycles. The summed E-state index contributed by atoms with van der Waals surface area (Å²) < 4.78 is 5.43. The van der Waals surface area contributed by atoms with E-state index in [9.17, 15) is 4.79 Å². The van der Waals surface area contributed by atoms with Gasteiger partial charge in [-0.25, -0.2) is 4.79 Å². The molecule has 0 unspecified atom stereocenters. The van der Waals surface area contributed by atoms with Gasteiger partial charge < -0.3 is 20.4 Å². The van der Waals surface area contributed by atoms with Crippen molar-refractivity contribution in [2.24, 2.45) is 5.73 Å². The van der Waals surface area contributed by atoms with Crippen molar-refractivity contribution in [2.75, 3.05) is 13.1 Å². The number of rotatable bonds is 1. The van der Waals surface area contributed by atoms with E-state index < -0.39 is 5.60 Å². The van der Waals surface area contributed by atoms with Crippen molar-refractivity contribution in [3.63, 3.8) is 0 Å². The number of hydrogen-bond donors (Lipinski definition) is 2. The molecule has 1 amide bonds. The Labute approximate surface area is 129 Å². The molecule has 6 nitrogen and oxygen atoms in total. The van der Waals surface area contributed by atoms with Crippen molar-refractivity contribution in [1.82, 2.24) is 14.9 Å². The molecule has 22 heavy (non-hydrogen) atoms. The fraction of sp³-hybridized carbons (Fsp3) is 0.500. The van der Waals surface area contributed by atoms with Crippen molar-refractivity contribution in [3.05, 3.63) is 30.2 Å². The highest BCUT2D eigenvalue weighted by molar-refractivity contribution is 5.82. The standard InChI is InChI=1S/C16H22N4O2/c1-16(2,3)22-15(21)20-8-11(12(17)9-20)14-10-4-6-18-13(10)5-7-19-14/h4-7,11-12,18H,8-9,17H2,1-3H3/t11-,12-/m0/s1. The highest BCUT2D eigenvalue weighted by atomic mass is 16.6. The van der Waals surface area contributed by atoms with Crippen LogP contribution in [-0.2, 0) is 4.74 Å². The molecule has 118 valence electrons. The van der Waals surface area contributed by atoms with Crippen LogP contribution in [0.3, 0.4) is 0 Å². The quantitative estimate of drug-likeness (QED) is 0.846. The maximum absolute atomic E-state index is 12.2. The molecule has 0 radical (unpaired) electrons. The van der Waals surface area contributed by atoms with Crippen LogP contribution >= 0.6 is 0 Å². The summed E-state index contributed by atoms with van der Waals surface area (Å²) >= 11 is 0. The summed E-state index contributed by atoms with van der Waals surface area (Å²) in [6.45, 7) is 6.61. The van der Waals surface area contributed by atoms with Crippen LogP contribution in [0.25, 0.3) is 10.9 Å². The lowest BCUT2D eigenvalue weighted by atomic mass is 9.97. The number of nitrogens with two attached hydrogens (primary N) is 1. The number of nitrogens with zero attached hydrogens (tertiary/aromatic N) is 2. The Morgan fingerprint density at radius 2 is 2.18 bits per heavy atom.